The quantitative estimate of drug-likeness (QED) is 0.634. The number of para-hydroxylation sites is 1. The van der Waals surface area contributed by atoms with Crippen molar-refractivity contribution in [2.45, 2.75) is 24.9 Å². The molecule has 1 aliphatic carbocycles. The predicted molar refractivity (Wildman–Crippen MR) is 56.9 cm³/mol. The highest BCUT2D eigenvalue weighted by atomic mass is 16.3. The van der Waals surface area contributed by atoms with Crippen LogP contribution in [0.1, 0.15) is 19.3 Å². The second-order valence-electron chi connectivity index (χ2n) is 3.92. The topological polar surface area (TPSA) is 44.3 Å². The molecule has 0 aromatic heterocycles. The number of anilines is 1. The Morgan fingerprint density at radius 2 is 1.93 bits per heavy atom. The number of hydrazine groups is 1. The molecule has 0 unspecified atom stereocenters. The van der Waals surface area contributed by atoms with Gasteiger partial charge in [-0.1, -0.05) is 18.2 Å². The molecule has 0 aliphatic heterocycles. The maximum Gasteiger partial charge on any atom is 0.0789 e. The first-order valence-electron chi connectivity index (χ1n) is 5.05. The minimum absolute atomic E-state index is 0.470. The Hall–Kier alpha value is -1.06. The van der Waals surface area contributed by atoms with Gasteiger partial charge >= 0.3 is 0 Å². The van der Waals surface area contributed by atoms with E-state index in [-0.39, 0.29) is 0 Å². The Bertz CT molecular complexity index is 283. The van der Waals surface area contributed by atoms with Gasteiger partial charge in [0.2, 0.25) is 0 Å². The molecule has 14 heavy (non-hydrogen) atoms. The van der Waals surface area contributed by atoms with Crippen LogP contribution < -0.4 is 10.9 Å². The van der Waals surface area contributed by atoms with Crippen LogP contribution >= 0.6 is 0 Å². The molecule has 76 valence electrons. The number of hydrogen-bond acceptors (Lipinski definition) is 3. The van der Waals surface area contributed by atoms with Gasteiger partial charge < -0.3 is 10.5 Å². The summed E-state index contributed by atoms with van der Waals surface area (Å²) >= 11 is 0. The molecule has 1 saturated carbocycles. The van der Waals surface area contributed by atoms with E-state index in [9.17, 15) is 5.11 Å². The van der Waals surface area contributed by atoms with Crippen LogP contribution in [-0.4, -0.2) is 17.3 Å². The summed E-state index contributed by atoms with van der Waals surface area (Å²) in [6.07, 6.45) is 2.97. The van der Waals surface area contributed by atoms with Crippen molar-refractivity contribution in [2.75, 3.05) is 12.0 Å². The summed E-state index contributed by atoms with van der Waals surface area (Å²) in [5.74, 6) is 0. The number of hydrogen-bond donors (Lipinski definition) is 3. The van der Waals surface area contributed by atoms with Gasteiger partial charge in [-0.15, -0.1) is 0 Å². The first kappa shape index (κ1) is 9.49. The normalized spacial score (nSPS) is 18.6. The van der Waals surface area contributed by atoms with E-state index in [2.05, 4.69) is 10.9 Å². The molecule has 0 saturated heterocycles. The zero-order valence-electron chi connectivity index (χ0n) is 8.16. The molecule has 3 heteroatoms. The fraction of sp³-hybridized carbons (Fsp3) is 0.455. The summed E-state index contributed by atoms with van der Waals surface area (Å²) in [6, 6.07) is 9.89. The third kappa shape index (κ3) is 2.25. The van der Waals surface area contributed by atoms with Crippen LogP contribution in [-0.2, 0) is 0 Å². The van der Waals surface area contributed by atoms with Crippen LogP contribution in [0.4, 0.5) is 5.69 Å². The molecule has 3 N–H and O–H groups in total. The molecule has 1 aromatic carbocycles. The molecular formula is C11H16N2O. The van der Waals surface area contributed by atoms with Gasteiger partial charge in [-0.2, -0.15) is 0 Å². The lowest BCUT2D eigenvalue weighted by Gasteiger charge is -2.36. The second-order valence-corrected chi connectivity index (χ2v) is 3.92. The van der Waals surface area contributed by atoms with E-state index in [0.29, 0.717) is 6.54 Å². The number of nitrogens with one attached hydrogen (secondary N) is 2. The molecule has 0 amide bonds. The highest BCUT2D eigenvalue weighted by molar-refractivity contribution is 5.41. The Labute approximate surface area is 84.1 Å². The average molecular weight is 192 g/mol. The van der Waals surface area contributed by atoms with E-state index >= 15 is 0 Å². The lowest BCUT2D eigenvalue weighted by atomic mass is 9.80. The maximum absolute atomic E-state index is 9.79. The van der Waals surface area contributed by atoms with E-state index in [1.165, 1.54) is 0 Å². The fourth-order valence-electron chi connectivity index (χ4n) is 1.59. The summed E-state index contributed by atoms with van der Waals surface area (Å²) in [5, 5.41) is 9.79. The van der Waals surface area contributed by atoms with Crippen LogP contribution in [0.25, 0.3) is 0 Å². The van der Waals surface area contributed by atoms with Gasteiger partial charge in [0.1, 0.15) is 0 Å². The Morgan fingerprint density at radius 3 is 2.50 bits per heavy atom. The highest BCUT2D eigenvalue weighted by Crippen LogP contribution is 2.30. The zero-order valence-corrected chi connectivity index (χ0v) is 8.16. The molecule has 1 aliphatic rings. The van der Waals surface area contributed by atoms with Gasteiger partial charge in [0.15, 0.2) is 0 Å². The number of benzene rings is 1. The lowest BCUT2D eigenvalue weighted by molar-refractivity contribution is -0.0298. The molecule has 0 spiro atoms. The average Bonchev–Trinajstić information content (AvgIpc) is 2.17. The van der Waals surface area contributed by atoms with E-state index in [1.54, 1.807) is 0 Å². The zero-order chi connectivity index (χ0) is 9.86. The maximum atomic E-state index is 9.79. The third-order valence-corrected chi connectivity index (χ3v) is 2.71. The van der Waals surface area contributed by atoms with Crippen LogP contribution in [0.3, 0.4) is 0 Å². The van der Waals surface area contributed by atoms with Crippen LogP contribution in [0.15, 0.2) is 30.3 Å². The number of rotatable bonds is 4. The van der Waals surface area contributed by atoms with Crippen molar-refractivity contribution in [2.24, 2.45) is 0 Å². The van der Waals surface area contributed by atoms with Crippen molar-refractivity contribution in [1.82, 2.24) is 5.43 Å². The van der Waals surface area contributed by atoms with Crippen LogP contribution in [0, 0.1) is 0 Å². The minimum Gasteiger partial charge on any atom is -0.388 e. The van der Waals surface area contributed by atoms with Crippen molar-refractivity contribution < 1.29 is 5.11 Å². The van der Waals surface area contributed by atoms with Gasteiger partial charge in [-0.3, -0.25) is 0 Å². The Kier molecular flexibility index (Phi) is 2.70. The highest BCUT2D eigenvalue weighted by Gasteiger charge is 2.33. The molecule has 0 bridgehead atoms. The first-order valence-corrected chi connectivity index (χ1v) is 5.05. The standard InChI is InChI=1S/C11H16N2O/c14-11(7-4-8-11)9-12-13-10-5-2-1-3-6-10/h1-3,5-6,12-14H,4,7-9H2. The Balaban J connectivity index is 1.73. The molecule has 0 radical (unpaired) electrons. The smallest absolute Gasteiger partial charge is 0.0789 e. The minimum atomic E-state index is -0.470. The van der Waals surface area contributed by atoms with Gasteiger partial charge in [-0.25, -0.2) is 5.43 Å². The summed E-state index contributed by atoms with van der Waals surface area (Å²) in [5.41, 5.74) is 6.66. The van der Waals surface area contributed by atoms with Crippen molar-refractivity contribution in [3.63, 3.8) is 0 Å². The van der Waals surface area contributed by atoms with Crippen LogP contribution in [0.2, 0.25) is 0 Å². The molecule has 1 aromatic rings. The second kappa shape index (κ2) is 3.98. The van der Waals surface area contributed by atoms with Gasteiger partial charge in [-0.05, 0) is 31.4 Å². The summed E-state index contributed by atoms with van der Waals surface area (Å²) < 4.78 is 0. The number of aliphatic hydroxyl groups is 1. The first-order chi connectivity index (χ1) is 6.79. The van der Waals surface area contributed by atoms with Crippen molar-refractivity contribution in [3.8, 4) is 0 Å². The van der Waals surface area contributed by atoms with E-state index in [0.717, 1.165) is 24.9 Å². The van der Waals surface area contributed by atoms with Crippen molar-refractivity contribution in [1.29, 1.82) is 0 Å². The monoisotopic (exact) mass is 192 g/mol. The summed E-state index contributed by atoms with van der Waals surface area (Å²) in [7, 11) is 0. The summed E-state index contributed by atoms with van der Waals surface area (Å²) in [6.45, 7) is 0.613. The van der Waals surface area contributed by atoms with E-state index < -0.39 is 5.60 Å². The molecule has 0 atom stereocenters. The lowest BCUT2D eigenvalue weighted by Crippen LogP contribution is -2.47. The molecule has 0 heterocycles. The van der Waals surface area contributed by atoms with E-state index in [1.807, 2.05) is 30.3 Å². The van der Waals surface area contributed by atoms with E-state index in [4.69, 9.17) is 0 Å². The van der Waals surface area contributed by atoms with Gasteiger partial charge in [0.25, 0.3) is 0 Å². The molecule has 3 nitrogen and oxygen atoms in total. The SMILES string of the molecule is OC1(CNNc2ccccc2)CCC1. The van der Waals surface area contributed by atoms with Crippen LogP contribution in [0.5, 0.6) is 0 Å². The third-order valence-electron chi connectivity index (χ3n) is 2.71. The van der Waals surface area contributed by atoms with Gasteiger partial charge in [0, 0.05) is 12.2 Å². The predicted octanol–water partition coefficient (Wildman–Crippen LogP) is 1.52. The van der Waals surface area contributed by atoms with Gasteiger partial charge in [0.05, 0.1) is 5.60 Å². The fourth-order valence-corrected chi connectivity index (χ4v) is 1.59. The molecule has 2 rings (SSSR count). The van der Waals surface area contributed by atoms with Crippen molar-refractivity contribution >= 4 is 5.69 Å². The summed E-state index contributed by atoms with van der Waals surface area (Å²) in [4.78, 5) is 0. The molecular weight excluding hydrogens is 176 g/mol. The largest absolute Gasteiger partial charge is 0.388 e. The van der Waals surface area contributed by atoms with Crippen molar-refractivity contribution in [3.05, 3.63) is 30.3 Å². The molecule has 1 fully saturated rings. The Morgan fingerprint density at radius 1 is 1.21 bits per heavy atom.